The topological polar surface area (TPSA) is 319 Å². The predicted molar refractivity (Wildman–Crippen MR) is 448 cm³/mol. The summed E-state index contributed by atoms with van der Waals surface area (Å²) in [4.78, 5) is 35.6. The first-order valence-electron chi connectivity index (χ1n) is 40.3. The van der Waals surface area contributed by atoms with Crippen molar-refractivity contribution in [3.05, 3.63) is 182 Å². The molecule has 9 aliphatic rings. The fourth-order valence-electron chi connectivity index (χ4n) is 18.5. The van der Waals surface area contributed by atoms with Crippen molar-refractivity contribution in [1.29, 1.82) is 0 Å². The van der Waals surface area contributed by atoms with Gasteiger partial charge in [0.25, 0.3) is 23.7 Å². The Balaban J connectivity index is 0.000000117. The minimum atomic E-state index is -3.05. The van der Waals surface area contributed by atoms with Crippen LogP contribution in [0.1, 0.15) is 211 Å². The first-order valence-corrected chi connectivity index (χ1v) is 45.9. The molecule has 44 heteroatoms. The molecular weight excluding hydrogens is 1800 g/mol. The van der Waals surface area contributed by atoms with Gasteiger partial charge < -0.3 is 60.6 Å². The van der Waals surface area contributed by atoms with E-state index in [1.807, 2.05) is 70.7 Å². The normalized spacial score (nSPS) is 29.1. The second kappa shape index (κ2) is 34.0. The van der Waals surface area contributed by atoms with E-state index in [-0.39, 0.29) is 82.2 Å². The highest BCUT2D eigenvalue weighted by Gasteiger charge is 2.59. The summed E-state index contributed by atoms with van der Waals surface area (Å²) < 4.78 is 148. The lowest BCUT2D eigenvalue weighted by Crippen LogP contribution is -2.51. The lowest BCUT2D eigenvalue weighted by Gasteiger charge is -2.47. The number of thiazole rings is 1. The van der Waals surface area contributed by atoms with Crippen molar-refractivity contribution in [3.63, 3.8) is 0 Å². The van der Waals surface area contributed by atoms with Crippen molar-refractivity contribution >= 4 is 120 Å². The summed E-state index contributed by atoms with van der Waals surface area (Å²) in [6.07, 6.45) is 15.4. The summed E-state index contributed by atoms with van der Waals surface area (Å²) in [7, 11) is 0. The third-order valence-electron chi connectivity index (χ3n) is 23.9. The molecule has 13 atom stereocenters. The zero-order chi connectivity index (χ0) is 86.7. The largest absolute Gasteiger partial charge is 0.390 e. The minimum Gasteiger partial charge on any atom is -0.390 e. The van der Waals surface area contributed by atoms with Crippen LogP contribution in [0.3, 0.4) is 0 Å². The van der Waals surface area contributed by atoms with E-state index in [1.54, 1.807) is 55.6 Å². The monoisotopic (exact) mass is 1880 g/mol. The Bertz CT molecular complexity index is 5700. The number of aliphatic hydroxyl groups is 1. The molecule has 4 spiro atoms. The van der Waals surface area contributed by atoms with Crippen LogP contribution in [-0.2, 0) is 96.0 Å². The number of halogens is 12. The third kappa shape index (κ3) is 18.7. The zero-order valence-electron chi connectivity index (χ0n) is 67.1. The molecule has 1 aromatic carbocycles. The maximum Gasteiger partial charge on any atom is 0.323 e. The van der Waals surface area contributed by atoms with Gasteiger partial charge in [-0.05, 0) is 128 Å². The van der Waals surface area contributed by atoms with Gasteiger partial charge >= 0.3 is 5.69 Å². The van der Waals surface area contributed by atoms with Crippen LogP contribution in [0.15, 0.2) is 83.8 Å². The molecular formula is C79H88Cl4F8N20O7S5. The van der Waals surface area contributed by atoms with E-state index in [9.17, 15) is 49.8 Å². The molecule has 9 aliphatic heterocycles. The molecule has 0 radical (unpaired) electrons. The lowest BCUT2D eigenvalue weighted by atomic mass is 9.78. The van der Waals surface area contributed by atoms with E-state index in [1.165, 1.54) is 69.6 Å². The van der Waals surface area contributed by atoms with Gasteiger partial charge in [-0.15, -0.1) is 77.1 Å². The van der Waals surface area contributed by atoms with Gasteiger partial charge in [0.05, 0.1) is 124 Å². The predicted octanol–water partition coefficient (Wildman–Crippen LogP) is 15.7. The van der Waals surface area contributed by atoms with E-state index in [2.05, 4.69) is 82.8 Å². The summed E-state index contributed by atoms with van der Waals surface area (Å²) >= 11 is 30.8. The molecule has 0 bridgehead atoms. The van der Waals surface area contributed by atoms with Crippen LogP contribution in [0, 0.1) is 5.92 Å². The highest BCUT2D eigenvalue weighted by molar-refractivity contribution is 7.17. The number of benzene rings is 1. The Morgan fingerprint density at radius 3 is 1.26 bits per heavy atom. The maximum absolute atomic E-state index is 14.5. The summed E-state index contributed by atoms with van der Waals surface area (Å²) in [5.74, 6) is -11.7. The molecule has 8 N–H and O–H groups in total. The number of H-pyrrole nitrogens is 2. The number of carbonyl (C=O) groups is 1. The second-order valence-corrected chi connectivity index (χ2v) is 42.1. The minimum absolute atomic E-state index is 0.000416. The Morgan fingerprint density at radius 1 is 0.504 bits per heavy atom. The molecule has 19 heterocycles. The van der Waals surface area contributed by atoms with Gasteiger partial charge in [-0.3, -0.25) is 19.1 Å². The quantitative estimate of drug-likeness (QED) is 0.0497. The average molecular weight is 1880 g/mol. The van der Waals surface area contributed by atoms with Crippen LogP contribution in [-0.4, -0.2) is 149 Å². The van der Waals surface area contributed by atoms with Gasteiger partial charge in [0.2, 0.25) is 5.91 Å². The Morgan fingerprint density at radius 2 is 0.878 bits per heavy atom. The number of hydrogen-bond acceptors (Lipinski definition) is 25. The summed E-state index contributed by atoms with van der Waals surface area (Å²) in [5.41, 5.74) is 2.81. The van der Waals surface area contributed by atoms with Crippen LogP contribution in [0.25, 0.3) is 11.0 Å². The molecule has 27 nitrogen and oxygen atoms in total. The van der Waals surface area contributed by atoms with Crippen LogP contribution < -0.4 is 32.3 Å². The van der Waals surface area contributed by atoms with Gasteiger partial charge in [-0.25, -0.2) is 14.2 Å². The van der Waals surface area contributed by atoms with Gasteiger partial charge in [0.15, 0.2) is 0 Å². The van der Waals surface area contributed by atoms with Gasteiger partial charge in [-0.1, -0.05) is 73.3 Å². The van der Waals surface area contributed by atoms with Crippen molar-refractivity contribution in [1.82, 2.24) is 102 Å². The van der Waals surface area contributed by atoms with Crippen LogP contribution >= 0.6 is 103 Å². The van der Waals surface area contributed by atoms with Gasteiger partial charge in [-0.2, -0.15) is 35.1 Å². The number of amides is 1. The van der Waals surface area contributed by atoms with Crippen molar-refractivity contribution < 1.29 is 64.0 Å². The van der Waals surface area contributed by atoms with Crippen molar-refractivity contribution in [2.75, 3.05) is 33.0 Å². The number of nitrogens with one attached hydrogen (secondary N) is 7. The molecule has 5 saturated heterocycles. The average Bonchev–Trinajstić information content (AvgIpc) is 1.65. The Kier molecular flexibility index (Phi) is 24.4. The molecule has 123 heavy (non-hydrogen) atoms. The number of carbonyl (C=O) groups excluding carboxylic acids is 1. The van der Waals surface area contributed by atoms with Gasteiger partial charge in [0.1, 0.15) is 48.8 Å². The summed E-state index contributed by atoms with van der Waals surface area (Å²) in [5, 5.41) is 61.1. The molecule has 20 rings (SSSR count). The molecule has 0 saturated carbocycles. The number of rotatable bonds is 13. The third-order valence-corrected chi connectivity index (χ3v) is 30.5. The summed E-state index contributed by atoms with van der Waals surface area (Å²) in [6.45, 7) is 11.9. The molecule has 660 valence electrons. The lowest BCUT2D eigenvalue weighted by molar-refractivity contribution is -0.183. The number of fused-ring (bicyclic) bond motifs is 9. The van der Waals surface area contributed by atoms with Gasteiger partial charge in [0, 0.05) is 129 Å². The van der Waals surface area contributed by atoms with Crippen molar-refractivity contribution in [3.8, 4) is 0 Å². The molecule has 5 fully saturated rings. The van der Waals surface area contributed by atoms with E-state index < -0.39 is 78.1 Å². The number of nitrogens with zero attached hydrogens (tertiary/aromatic N) is 13. The highest BCUT2D eigenvalue weighted by atomic mass is 35.5. The second-order valence-electron chi connectivity index (χ2n) is 34.4. The number of alkyl halides is 8. The number of thiophene rings is 4. The Hall–Kier alpha value is -6.81. The fourth-order valence-corrected chi connectivity index (χ4v) is 24.9. The molecule has 10 aromatic heterocycles. The standard InChI is InChI=1S/C22H21ClF2N6O2S.C20H24ClF2N5O2S.C19H25ClF2N4O2S.C18H18ClF2N5OS2/c1-11-6-21(19-13(5-18(23)34-19)22(24,25)10-33-21)7-16(26-11)17-9-31(30-29-17)8-12-2-3-14-15(4-12)28-20(32)27-14;1-11-5-19(18-13(4-16(21)31-18)20(22,23)10-30-19)6-14(25-11)15-9-28(27-26-15)8-12-2-3-17(29)24-7-12;1-11-7-18(16-12(6-15(20)29-16)19(21,22)10-28-18)8-13(23-11)14-9-26(25-24-14)5-4-17(2,3)27;1-10-3-17(16-12(2-15(19)29-16)18(20,21)8-27-17)4-13(23-10)14-7-26(25-24-14)6-11-5-22-9-28-11/h2-5,9,11,16,26H,6-8,10H2,1H3,(H2,27,28,32);4,9,11-12,14,25H,2-3,5-8,10H2,1H3,(H,24,29);6,9,11,13,23,27H,4-5,7-8,10H2,1-3H3;2,5,7,9-10,13,23H,3-4,6,8H2,1H3/t11-,16-,21-;11-,12?,14-,19-;11-,13-,18-;10-,13-,17-/m0000/s1. The van der Waals surface area contributed by atoms with E-state index >= 15 is 0 Å². The van der Waals surface area contributed by atoms with E-state index in [4.69, 9.17) is 65.4 Å². The number of aryl methyl sites for hydroxylation is 1. The maximum atomic E-state index is 14.5. The van der Waals surface area contributed by atoms with Crippen LogP contribution in [0.2, 0.25) is 17.3 Å². The van der Waals surface area contributed by atoms with E-state index in [0.717, 1.165) is 45.0 Å². The number of aromatic nitrogens is 15. The van der Waals surface area contributed by atoms with Crippen molar-refractivity contribution in [2.24, 2.45) is 5.92 Å². The zero-order valence-corrected chi connectivity index (χ0v) is 74.2. The highest BCUT2D eigenvalue weighted by Crippen LogP contribution is 2.60. The number of piperidine rings is 5. The first kappa shape index (κ1) is 88.2. The molecule has 1 unspecified atom stereocenters. The number of imidazole rings is 1. The van der Waals surface area contributed by atoms with Crippen molar-refractivity contribution in [2.45, 2.75) is 238 Å². The molecule has 1 amide bonds. The number of ether oxygens (including phenoxy) is 4. The summed E-state index contributed by atoms with van der Waals surface area (Å²) in [6, 6.07) is 10.6. The number of hydrogen-bond donors (Lipinski definition) is 8. The van der Waals surface area contributed by atoms with E-state index in [0.29, 0.717) is 145 Å². The molecule has 0 aliphatic carbocycles. The number of aromatic amines is 2. The fraction of sp³-hybridized carbons (Fsp3) is 0.557. The van der Waals surface area contributed by atoms with Crippen LogP contribution in [0.4, 0.5) is 35.1 Å². The Labute approximate surface area is 739 Å². The SMILES string of the molecule is C[C@H]1C[C@@]2(C[C@@H](c3cn(CC4CCC(=O)NC4)nn3)N1)OCC(F)(F)c1cc(Cl)sc12.C[C@H]1C[C@@]2(C[C@@H](c3cn(CCC(C)(C)O)nn3)N1)OCC(F)(F)c1cc(Cl)sc12.C[C@H]1C[C@@]2(C[C@@H](c3cn(Cc4ccc5[nH]c(=O)[nH]c5c4)nn3)N1)OCC(F)(F)c1cc(Cl)sc12.C[C@H]1C[C@@]2(C[C@@H](c3cn(Cc4cncs4)nn3)N1)OCC(F)(F)c1cc(Cl)sc12. The smallest absolute Gasteiger partial charge is 0.323 e. The van der Waals surface area contributed by atoms with Crippen LogP contribution in [0.5, 0.6) is 0 Å². The molecule has 11 aromatic rings. The first-order chi connectivity index (χ1) is 58.3.